The Morgan fingerprint density at radius 2 is 2.06 bits per heavy atom. The molecule has 7 nitrogen and oxygen atoms in total. The van der Waals surface area contributed by atoms with Gasteiger partial charge in [-0.25, -0.2) is 14.2 Å². The Kier molecular flexibility index (Phi) is 4.15. The first-order valence-corrected chi connectivity index (χ1v) is 11.1. The van der Waals surface area contributed by atoms with E-state index in [1.165, 1.54) is 21.9 Å². The molecule has 0 atom stereocenters. The van der Waals surface area contributed by atoms with Crippen LogP contribution in [0.2, 0.25) is 0 Å². The zero-order valence-corrected chi connectivity index (χ0v) is 18.3. The predicted octanol–water partition coefficient (Wildman–Crippen LogP) is 4.40. The maximum Gasteiger partial charge on any atom is 0.352 e. The molecule has 0 N–H and O–H groups in total. The highest BCUT2D eigenvalue weighted by Crippen LogP contribution is 2.40. The number of rotatable bonds is 3. The van der Waals surface area contributed by atoms with Gasteiger partial charge in [-0.3, -0.25) is 4.57 Å². The highest BCUT2D eigenvalue weighted by atomic mass is 32.1. The number of aromatic nitrogens is 4. The van der Waals surface area contributed by atoms with Crippen LogP contribution in [0.25, 0.3) is 27.4 Å². The van der Waals surface area contributed by atoms with Crippen LogP contribution in [0.4, 0.5) is 4.39 Å². The quantitative estimate of drug-likeness (QED) is 0.407. The van der Waals surface area contributed by atoms with E-state index in [0.29, 0.717) is 35.8 Å². The van der Waals surface area contributed by atoms with Gasteiger partial charge in [-0.05, 0) is 37.6 Å². The van der Waals surface area contributed by atoms with Crippen molar-refractivity contribution in [2.75, 3.05) is 0 Å². The zero-order valence-electron chi connectivity index (χ0n) is 17.5. The standard InChI is InChI=1S/C23H19FN4O3S/c1-23(2)10-14-17(12-31-23)32-21-18(14)20-25-19(16-8-5-9-30-16)26-28(20)22(29)27(21)11-13-6-3-4-7-15(13)24/h3-9H,10-12H2,1-2H3. The largest absolute Gasteiger partial charge is 0.461 e. The summed E-state index contributed by atoms with van der Waals surface area (Å²) in [6, 6.07) is 9.99. The Hall–Kier alpha value is -3.30. The Morgan fingerprint density at radius 1 is 1.22 bits per heavy atom. The third-order valence-electron chi connectivity index (χ3n) is 5.78. The van der Waals surface area contributed by atoms with Gasteiger partial charge in [0.15, 0.2) is 11.4 Å². The molecule has 1 aliphatic heterocycles. The van der Waals surface area contributed by atoms with E-state index in [0.717, 1.165) is 20.7 Å². The van der Waals surface area contributed by atoms with Crippen LogP contribution in [0, 0.1) is 5.82 Å². The van der Waals surface area contributed by atoms with Crippen LogP contribution in [-0.4, -0.2) is 24.8 Å². The van der Waals surface area contributed by atoms with Crippen LogP contribution in [0.3, 0.4) is 0 Å². The molecule has 0 amide bonds. The maximum absolute atomic E-state index is 14.5. The molecule has 0 bridgehead atoms. The van der Waals surface area contributed by atoms with E-state index in [1.807, 2.05) is 13.8 Å². The molecule has 0 saturated carbocycles. The van der Waals surface area contributed by atoms with Gasteiger partial charge in [-0.2, -0.15) is 4.52 Å². The molecule has 0 spiro atoms. The normalized spacial score (nSPS) is 15.5. The molecule has 5 heterocycles. The number of nitrogens with zero attached hydrogens (tertiary/aromatic N) is 4. The minimum Gasteiger partial charge on any atom is -0.461 e. The van der Waals surface area contributed by atoms with Crippen molar-refractivity contribution >= 4 is 27.2 Å². The van der Waals surface area contributed by atoms with E-state index >= 15 is 0 Å². The third-order valence-corrected chi connectivity index (χ3v) is 7.01. The molecule has 4 aromatic heterocycles. The van der Waals surface area contributed by atoms with E-state index in [9.17, 15) is 9.18 Å². The van der Waals surface area contributed by atoms with Crippen molar-refractivity contribution in [3.8, 4) is 11.6 Å². The van der Waals surface area contributed by atoms with Gasteiger partial charge in [0.1, 0.15) is 10.6 Å². The average Bonchev–Trinajstić information content (AvgIpc) is 3.49. The summed E-state index contributed by atoms with van der Waals surface area (Å²) >= 11 is 1.50. The summed E-state index contributed by atoms with van der Waals surface area (Å²) < 4.78 is 28.8. The minimum absolute atomic E-state index is 0.0948. The molecule has 1 aromatic carbocycles. The van der Waals surface area contributed by atoms with Crippen molar-refractivity contribution < 1.29 is 13.5 Å². The van der Waals surface area contributed by atoms with Crippen molar-refractivity contribution in [1.29, 1.82) is 0 Å². The molecule has 1 aliphatic rings. The number of hydrogen-bond donors (Lipinski definition) is 0. The van der Waals surface area contributed by atoms with Gasteiger partial charge >= 0.3 is 5.69 Å². The van der Waals surface area contributed by atoms with Crippen LogP contribution in [0.15, 0.2) is 51.9 Å². The predicted molar refractivity (Wildman–Crippen MR) is 118 cm³/mol. The van der Waals surface area contributed by atoms with Crippen molar-refractivity contribution in [3.05, 3.63) is 75.0 Å². The summed E-state index contributed by atoms with van der Waals surface area (Å²) in [6.07, 6.45) is 2.22. The van der Waals surface area contributed by atoms with Gasteiger partial charge in [0.25, 0.3) is 0 Å². The monoisotopic (exact) mass is 450 g/mol. The Morgan fingerprint density at radius 3 is 2.84 bits per heavy atom. The van der Waals surface area contributed by atoms with Crippen LogP contribution < -0.4 is 5.69 Å². The van der Waals surface area contributed by atoms with Crippen molar-refractivity contribution in [2.45, 2.75) is 39.0 Å². The van der Waals surface area contributed by atoms with E-state index < -0.39 is 0 Å². The van der Waals surface area contributed by atoms with Crippen LogP contribution >= 0.6 is 11.3 Å². The van der Waals surface area contributed by atoms with E-state index in [2.05, 4.69) is 10.1 Å². The molecule has 0 fully saturated rings. The molecular formula is C23H19FN4O3S. The minimum atomic E-state index is -0.375. The lowest BCUT2D eigenvalue weighted by atomic mass is 9.94. The van der Waals surface area contributed by atoms with Crippen LogP contribution in [-0.2, 0) is 24.3 Å². The first-order valence-electron chi connectivity index (χ1n) is 10.3. The molecule has 32 heavy (non-hydrogen) atoms. The number of fused-ring (bicyclic) bond motifs is 5. The molecule has 0 aliphatic carbocycles. The fraction of sp³-hybridized carbons (Fsp3) is 0.261. The summed E-state index contributed by atoms with van der Waals surface area (Å²) in [7, 11) is 0. The van der Waals surface area contributed by atoms with Crippen LogP contribution in [0.1, 0.15) is 29.9 Å². The molecule has 0 radical (unpaired) electrons. The number of hydrogen-bond acceptors (Lipinski definition) is 6. The Labute approximate surface area is 185 Å². The lowest BCUT2D eigenvalue weighted by Crippen LogP contribution is -2.31. The Balaban J connectivity index is 1.68. The summed E-state index contributed by atoms with van der Waals surface area (Å²) in [6.45, 7) is 4.65. The number of benzene rings is 1. The highest BCUT2D eigenvalue weighted by Gasteiger charge is 2.32. The first kappa shape index (κ1) is 19.4. The van der Waals surface area contributed by atoms with Crippen LogP contribution in [0.5, 0.6) is 0 Å². The summed E-state index contributed by atoms with van der Waals surface area (Å²) in [5.74, 6) is 0.464. The van der Waals surface area contributed by atoms with Crippen molar-refractivity contribution in [3.63, 3.8) is 0 Å². The maximum atomic E-state index is 14.5. The topological polar surface area (TPSA) is 74.6 Å². The fourth-order valence-corrected chi connectivity index (χ4v) is 5.43. The van der Waals surface area contributed by atoms with Crippen molar-refractivity contribution in [2.24, 2.45) is 0 Å². The number of furan rings is 1. The van der Waals surface area contributed by atoms with E-state index in [4.69, 9.17) is 9.15 Å². The smallest absolute Gasteiger partial charge is 0.352 e. The van der Waals surface area contributed by atoms with Crippen molar-refractivity contribution in [1.82, 2.24) is 19.2 Å². The zero-order chi connectivity index (χ0) is 22.0. The highest BCUT2D eigenvalue weighted by molar-refractivity contribution is 7.19. The molecule has 162 valence electrons. The number of halogens is 1. The molecule has 0 unspecified atom stereocenters. The second-order valence-corrected chi connectivity index (χ2v) is 9.60. The summed E-state index contributed by atoms with van der Waals surface area (Å²) in [4.78, 5) is 20.0. The number of thiophene rings is 1. The lowest BCUT2D eigenvalue weighted by Gasteiger charge is -2.30. The van der Waals surface area contributed by atoms with E-state index in [1.54, 1.807) is 41.2 Å². The van der Waals surface area contributed by atoms with Gasteiger partial charge in [0, 0.05) is 16.9 Å². The lowest BCUT2D eigenvalue weighted by molar-refractivity contribution is -0.0379. The fourth-order valence-electron chi connectivity index (χ4n) is 4.21. The summed E-state index contributed by atoms with van der Waals surface area (Å²) in [5.41, 5.74) is 1.31. The van der Waals surface area contributed by atoms with Gasteiger partial charge in [0.05, 0.1) is 30.4 Å². The Bertz CT molecular complexity index is 1550. The van der Waals surface area contributed by atoms with Gasteiger partial charge < -0.3 is 9.15 Å². The molecule has 6 rings (SSSR count). The van der Waals surface area contributed by atoms with Gasteiger partial charge in [-0.15, -0.1) is 16.4 Å². The second kappa shape index (κ2) is 6.85. The molecule has 5 aromatic rings. The first-order chi connectivity index (χ1) is 15.4. The molecule has 9 heteroatoms. The third kappa shape index (κ3) is 2.92. The second-order valence-electron chi connectivity index (χ2n) is 8.52. The molecule has 0 saturated heterocycles. The van der Waals surface area contributed by atoms with Gasteiger partial charge in [-0.1, -0.05) is 18.2 Å². The number of ether oxygens (including phenoxy) is 1. The molecular weight excluding hydrogens is 431 g/mol. The van der Waals surface area contributed by atoms with E-state index in [-0.39, 0.29) is 23.7 Å². The summed E-state index contributed by atoms with van der Waals surface area (Å²) in [5, 5.41) is 5.32. The van der Waals surface area contributed by atoms with Gasteiger partial charge in [0.2, 0.25) is 5.82 Å². The average molecular weight is 450 g/mol. The SMILES string of the molecule is CC1(C)Cc2c(sc3c2c2nc(-c4ccco4)nn2c(=O)n3Cc2ccccc2F)CO1.